The Bertz CT molecular complexity index is 421. The molecular weight excluding hydrogens is 221 g/mol. The van der Waals surface area contributed by atoms with E-state index in [0.29, 0.717) is 37.8 Å². The minimum absolute atomic E-state index is 0.367. The highest BCUT2D eigenvalue weighted by Gasteiger charge is 2.28. The van der Waals surface area contributed by atoms with Gasteiger partial charge in [-0.05, 0) is 38.0 Å². The smallest absolute Gasteiger partial charge is 0.152 e. The first-order chi connectivity index (χ1) is 8.02. The lowest BCUT2D eigenvalue weighted by molar-refractivity contribution is 0.0351. The van der Waals surface area contributed by atoms with Gasteiger partial charge in [0.25, 0.3) is 0 Å². The second-order valence-corrected chi connectivity index (χ2v) is 4.80. The van der Waals surface area contributed by atoms with Gasteiger partial charge in [-0.3, -0.25) is 4.79 Å². The average molecular weight is 237 g/mol. The second-order valence-electron chi connectivity index (χ2n) is 4.80. The van der Waals surface area contributed by atoms with E-state index in [4.69, 9.17) is 0 Å². The highest BCUT2D eigenvalue weighted by Crippen LogP contribution is 2.28. The number of piperidine rings is 1. The van der Waals surface area contributed by atoms with Crippen molar-refractivity contribution in [2.75, 3.05) is 18.0 Å². The summed E-state index contributed by atoms with van der Waals surface area (Å²) in [6.45, 7) is 3.18. The minimum atomic E-state index is -0.627. The largest absolute Gasteiger partial charge is 0.390 e. The maximum atomic E-state index is 13.0. The van der Waals surface area contributed by atoms with Crippen LogP contribution in [0.25, 0.3) is 0 Å². The van der Waals surface area contributed by atoms with E-state index < -0.39 is 11.4 Å². The Labute approximate surface area is 99.9 Å². The molecule has 92 valence electrons. The van der Waals surface area contributed by atoms with Crippen LogP contribution in [0.2, 0.25) is 0 Å². The van der Waals surface area contributed by atoms with Crippen LogP contribution in [-0.2, 0) is 0 Å². The van der Waals surface area contributed by atoms with E-state index >= 15 is 0 Å². The molecule has 0 bridgehead atoms. The maximum absolute atomic E-state index is 13.0. The Kier molecular flexibility index (Phi) is 3.15. The maximum Gasteiger partial charge on any atom is 0.152 e. The Morgan fingerprint density at radius 1 is 1.41 bits per heavy atom. The number of carbonyl (C=O) groups is 1. The average Bonchev–Trinajstić information content (AvgIpc) is 2.29. The molecule has 0 spiro atoms. The van der Waals surface area contributed by atoms with Gasteiger partial charge < -0.3 is 10.0 Å². The van der Waals surface area contributed by atoms with Crippen molar-refractivity contribution in [2.24, 2.45) is 0 Å². The van der Waals surface area contributed by atoms with Crippen LogP contribution < -0.4 is 4.90 Å². The first-order valence-corrected chi connectivity index (χ1v) is 5.74. The molecule has 4 heteroatoms. The Hall–Kier alpha value is -1.42. The number of aldehydes is 1. The third-order valence-corrected chi connectivity index (χ3v) is 3.30. The fraction of sp³-hybridized carbons (Fsp3) is 0.462. The number of hydrogen-bond donors (Lipinski definition) is 1. The predicted octanol–water partition coefficient (Wildman–Crippen LogP) is 1.99. The molecule has 0 saturated carbocycles. The molecule has 1 fully saturated rings. The summed E-state index contributed by atoms with van der Waals surface area (Å²) in [5.74, 6) is -0.403. The van der Waals surface area contributed by atoms with E-state index in [9.17, 15) is 14.3 Å². The van der Waals surface area contributed by atoms with Crippen molar-refractivity contribution in [1.29, 1.82) is 0 Å². The number of halogens is 1. The summed E-state index contributed by atoms with van der Waals surface area (Å²) < 4.78 is 13.0. The van der Waals surface area contributed by atoms with Gasteiger partial charge in [-0.25, -0.2) is 4.39 Å². The molecule has 1 aromatic rings. The summed E-state index contributed by atoms with van der Waals surface area (Å²) in [7, 11) is 0. The zero-order chi connectivity index (χ0) is 12.5. The summed E-state index contributed by atoms with van der Waals surface area (Å²) >= 11 is 0. The molecule has 1 saturated heterocycles. The molecule has 0 aliphatic carbocycles. The summed E-state index contributed by atoms with van der Waals surface area (Å²) in [6.07, 6.45) is 1.98. The van der Waals surface area contributed by atoms with Gasteiger partial charge in [0.2, 0.25) is 0 Å². The van der Waals surface area contributed by atoms with Crippen LogP contribution in [0.1, 0.15) is 30.1 Å². The van der Waals surface area contributed by atoms with Gasteiger partial charge in [0.15, 0.2) is 6.29 Å². The van der Waals surface area contributed by atoms with Gasteiger partial charge in [0, 0.05) is 24.3 Å². The highest BCUT2D eigenvalue weighted by atomic mass is 19.1. The Morgan fingerprint density at radius 2 is 2.06 bits per heavy atom. The lowest BCUT2D eigenvalue weighted by Crippen LogP contribution is -2.42. The number of benzene rings is 1. The molecule has 1 aromatic carbocycles. The molecule has 2 rings (SSSR count). The number of rotatable bonds is 2. The van der Waals surface area contributed by atoms with Crippen LogP contribution in [0.5, 0.6) is 0 Å². The first-order valence-electron chi connectivity index (χ1n) is 5.74. The minimum Gasteiger partial charge on any atom is -0.390 e. The summed E-state index contributed by atoms with van der Waals surface area (Å²) in [4.78, 5) is 12.9. The molecule has 3 nitrogen and oxygen atoms in total. The van der Waals surface area contributed by atoms with Crippen molar-refractivity contribution < 1.29 is 14.3 Å². The molecule has 1 heterocycles. The third kappa shape index (κ3) is 2.64. The zero-order valence-electron chi connectivity index (χ0n) is 9.82. The number of hydrogen-bond acceptors (Lipinski definition) is 3. The van der Waals surface area contributed by atoms with Crippen LogP contribution in [0.15, 0.2) is 18.2 Å². The van der Waals surface area contributed by atoms with Crippen molar-refractivity contribution in [1.82, 2.24) is 0 Å². The lowest BCUT2D eigenvalue weighted by Gasteiger charge is -2.37. The monoisotopic (exact) mass is 237 g/mol. The summed E-state index contributed by atoms with van der Waals surface area (Å²) in [6, 6.07) is 4.23. The highest BCUT2D eigenvalue weighted by molar-refractivity contribution is 5.84. The standard InChI is InChI=1S/C13H16FNO2/c1-13(17)4-6-15(7-5-13)12-3-2-11(14)8-10(12)9-16/h2-3,8-9,17H,4-7H2,1H3. The topological polar surface area (TPSA) is 40.5 Å². The van der Waals surface area contributed by atoms with E-state index in [0.717, 1.165) is 5.69 Å². The molecule has 0 radical (unpaired) electrons. The molecule has 0 unspecified atom stereocenters. The van der Waals surface area contributed by atoms with Crippen LogP contribution in [0.4, 0.5) is 10.1 Å². The molecule has 0 amide bonds. The third-order valence-electron chi connectivity index (χ3n) is 3.30. The van der Waals surface area contributed by atoms with Crippen molar-refractivity contribution in [2.45, 2.75) is 25.4 Å². The summed E-state index contributed by atoms with van der Waals surface area (Å²) in [5.41, 5.74) is 0.487. The fourth-order valence-electron chi connectivity index (χ4n) is 2.14. The molecule has 17 heavy (non-hydrogen) atoms. The van der Waals surface area contributed by atoms with Crippen LogP contribution in [-0.4, -0.2) is 30.1 Å². The lowest BCUT2D eigenvalue weighted by atomic mass is 9.93. The van der Waals surface area contributed by atoms with Gasteiger partial charge in [-0.2, -0.15) is 0 Å². The zero-order valence-corrected chi connectivity index (χ0v) is 9.82. The number of aliphatic hydroxyl groups is 1. The van der Waals surface area contributed by atoms with Gasteiger partial charge in [-0.15, -0.1) is 0 Å². The van der Waals surface area contributed by atoms with Gasteiger partial charge >= 0.3 is 0 Å². The van der Waals surface area contributed by atoms with Crippen LogP contribution in [0.3, 0.4) is 0 Å². The molecule has 1 aliphatic heterocycles. The normalized spacial score (nSPS) is 19.1. The van der Waals surface area contributed by atoms with Gasteiger partial charge in [-0.1, -0.05) is 0 Å². The molecular formula is C13H16FNO2. The molecule has 0 aromatic heterocycles. The van der Waals surface area contributed by atoms with E-state index in [1.807, 2.05) is 11.8 Å². The van der Waals surface area contributed by atoms with Gasteiger partial charge in [0.05, 0.1) is 5.60 Å². The first kappa shape index (κ1) is 12.0. The van der Waals surface area contributed by atoms with Crippen molar-refractivity contribution in [3.8, 4) is 0 Å². The van der Waals surface area contributed by atoms with E-state index in [-0.39, 0.29) is 0 Å². The van der Waals surface area contributed by atoms with Crippen LogP contribution in [0, 0.1) is 5.82 Å². The molecule has 1 N–H and O–H groups in total. The van der Waals surface area contributed by atoms with Gasteiger partial charge in [0.1, 0.15) is 5.82 Å². The quantitative estimate of drug-likeness (QED) is 0.800. The molecule has 1 aliphatic rings. The summed E-state index contributed by atoms with van der Waals surface area (Å²) in [5, 5.41) is 9.85. The van der Waals surface area contributed by atoms with Crippen LogP contribution >= 0.6 is 0 Å². The number of carbonyl (C=O) groups excluding carboxylic acids is 1. The SMILES string of the molecule is CC1(O)CCN(c2ccc(F)cc2C=O)CC1. The van der Waals surface area contributed by atoms with E-state index in [1.54, 1.807) is 6.07 Å². The Morgan fingerprint density at radius 3 is 2.65 bits per heavy atom. The number of anilines is 1. The fourth-order valence-corrected chi connectivity index (χ4v) is 2.14. The Balaban J connectivity index is 2.21. The number of nitrogens with zero attached hydrogens (tertiary/aromatic N) is 1. The predicted molar refractivity (Wildman–Crippen MR) is 63.9 cm³/mol. The van der Waals surface area contributed by atoms with E-state index in [1.165, 1.54) is 12.1 Å². The van der Waals surface area contributed by atoms with E-state index in [2.05, 4.69) is 0 Å². The van der Waals surface area contributed by atoms with Crippen molar-refractivity contribution >= 4 is 12.0 Å². The van der Waals surface area contributed by atoms with Crippen molar-refractivity contribution in [3.05, 3.63) is 29.6 Å². The van der Waals surface area contributed by atoms with Crippen molar-refractivity contribution in [3.63, 3.8) is 0 Å². The molecule has 0 atom stereocenters. The second kappa shape index (κ2) is 4.45.